The standard InChI is InChI=1S/C13H10N2OS/c1-9-4-12(17-8-9)11-6-15-3-2-10(7-16)5-13(15)14-11/h2-8H,1H3. The molecular weight excluding hydrogens is 232 g/mol. The first-order valence-electron chi connectivity index (χ1n) is 5.26. The van der Waals surface area contributed by atoms with Crippen molar-refractivity contribution in [1.29, 1.82) is 0 Å². The minimum atomic E-state index is 0.650. The number of rotatable bonds is 2. The Morgan fingerprint density at radius 3 is 3.00 bits per heavy atom. The van der Waals surface area contributed by atoms with Gasteiger partial charge in [0.2, 0.25) is 0 Å². The van der Waals surface area contributed by atoms with Gasteiger partial charge in [0.25, 0.3) is 0 Å². The zero-order chi connectivity index (χ0) is 11.8. The van der Waals surface area contributed by atoms with Gasteiger partial charge in [0, 0.05) is 18.0 Å². The summed E-state index contributed by atoms with van der Waals surface area (Å²) in [5.74, 6) is 0. The van der Waals surface area contributed by atoms with E-state index < -0.39 is 0 Å². The zero-order valence-corrected chi connectivity index (χ0v) is 10.1. The van der Waals surface area contributed by atoms with Crippen molar-refractivity contribution in [3.8, 4) is 10.6 Å². The summed E-state index contributed by atoms with van der Waals surface area (Å²) in [6.45, 7) is 2.07. The molecule has 0 atom stereocenters. The van der Waals surface area contributed by atoms with Crippen LogP contribution < -0.4 is 0 Å². The third kappa shape index (κ3) is 1.76. The van der Waals surface area contributed by atoms with Gasteiger partial charge in [-0.2, -0.15) is 0 Å². The fourth-order valence-corrected chi connectivity index (χ4v) is 2.61. The smallest absolute Gasteiger partial charge is 0.150 e. The van der Waals surface area contributed by atoms with Crippen LogP contribution in [0.1, 0.15) is 15.9 Å². The largest absolute Gasteiger partial charge is 0.306 e. The van der Waals surface area contributed by atoms with E-state index in [-0.39, 0.29) is 0 Å². The molecule has 0 N–H and O–H groups in total. The lowest BCUT2D eigenvalue weighted by molar-refractivity contribution is 0.112. The molecule has 0 aliphatic carbocycles. The Morgan fingerprint density at radius 2 is 2.29 bits per heavy atom. The molecule has 0 aromatic carbocycles. The van der Waals surface area contributed by atoms with Crippen molar-refractivity contribution in [2.75, 3.05) is 0 Å². The fraction of sp³-hybridized carbons (Fsp3) is 0.0769. The number of aryl methyl sites for hydroxylation is 1. The Balaban J connectivity index is 2.16. The highest BCUT2D eigenvalue weighted by atomic mass is 32.1. The summed E-state index contributed by atoms with van der Waals surface area (Å²) in [4.78, 5) is 16.4. The van der Waals surface area contributed by atoms with Gasteiger partial charge in [0.15, 0.2) is 0 Å². The highest BCUT2D eigenvalue weighted by molar-refractivity contribution is 7.13. The Kier molecular flexibility index (Phi) is 2.30. The van der Waals surface area contributed by atoms with E-state index in [4.69, 9.17) is 0 Å². The number of thiophene rings is 1. The van der Waals surface area contributed by atoms with Crippen molar-refractivity contribution >= 4 is 23.3 Å². The first-order chi connectivity index (χ1) is 8.26. The number of fused-ring (bicyclic) bond motifs is 1. The summed E-state index contributed by atoms with van der Waals surface area (Å²) in [6, 6.07) is 5.69. The molecule has 3 rings (SSSR count). The minimum absolute atomic E-state index is 0.650. The van der Waals surface area contributed by atoms with Gasteiger partial charge in [-0.1, -0.05) is 0 Å². The first kappa shape index (κ1) is 10.2. The number of imidazole rings is 1. The molecule has 84 valence electrons. The van der Waals surface area contributed by atoms with Gasteiger partial charge < -0.3 is 4.40 Å². The molecule has 0 saturated carbocycles. The van der Waals surface area contributed by atoms with Crippen LogP contribution in [0.5, 0.6) is 0 Å². The Bertz CT molecular complexity index is 696. The third-order valence-corrected chi connectivity index (χ3v) is 3.67. The molecule has 17 heavy (non-hydrogen) atoms. The second-order valence-electron chi connectivity index (χ2n) is 3.96. The lowest BCUT2D eigenvalue weighted by Crippen LogP contribution is -1.85. The monoisotopic (exact) mass is 242 g/mol. The number of hydrogen-bond acceptors (Lipinski definition) is 3. The van der Waals surface area contributed by atoms with Gasteiger partial charge >= 0.3 is 0 Å². The molecule has 3 aromatic rings. The summed E-state index contributed by atoms with van der Waals surface area (Å²) in [6.07, 6.45) is 4.68. The highest BCUT2D eigenvalue weighted by Gasteiger charge is 2.06. The van der Waals surface area contributed by atoms with Crippen molar-refractivity contribution in [3.05, 3.63) is 47.1 Å². The minimum Gasteiger partial charge on any atom is -0.306 e. The van der Waals surface area contributed by atoms with Crippen molar-refractivity contribution in [1.82, 2.24) is 9.38 Å². The van der Waals surface area contributed by atoms with Crippen LogP contribution in [0.4, 0.5) is 0 Å². The summed E-state index contributed by atoms with van der Waals surface area (Å²) >= 11 is 1.68. The van der Waals surface area contributed by atoms with Gasteiger partial charge in [0.05, 0.1) is 10.6 Å². The third-order valence-electron chi connectivity index (χ3n) is 2.60. The highest BCUT2D eigenvalue weighted by Crippen LogP contribution is 2.26. The van der Waals surface area contributed by atoms with Gasteiger partial charge in [-0.05, 0) is 36.1 Å². The molecule has 0 bridgehead atoms. The molecule has 0 fully saturated rings. The fourth-order valence-electron chi connectivity index (χ4n) is 1.76. The van der Waals surface area contributed by atoms with E-state index >= 15 is 0 Å². The van der Waals surface area contributed by atoms with E-state index in [0.717, 1.165) is 22.5 Å². The maximum absolute atomic E-state index is 10.7. The number of aldehydes is 1. The van der Waals surface area contributed by atoms with Gasteiger partial charge in [-0.15, -0.1) is 11.3 Å². The van der Waals surface area contributed by atoms with E-state index in [1.54, 1.807) is 23.5 Å². The average Bonchev–Trinajstić information content (AvgIpc) is 2.93. The number of hydrogen-bond donors (Lipinski definition) is 0. The topological polar surface area (TPSA) is 34.4 Å². The van der Waals surface area contributed by atoms with Crippen LogP contribution in [0.2, 0.25) is 0 Å². The van der Waals surface area contributed by atoms with Crippen LogP contribution in [0, 0.1) is 6.92 Å². The average molecular weight is 242 g/mol. The van der Waals surface area contributed by atoms with Gasteiger partial charge in [0.1, 0.15) is 11.9 Å². The van der Waals surface area contributed by atoms with E-state index in [2.05, 4.69) is 23.4 Å². The molecule has 0 unspecified atom stereocenters. The van der Waals surface area contributed by atoms with Crippen molar-refractivity contribution in [2.24, 2.45) is 0 Å². The second kappa shape index (κ2) is 3.82. The lowest BCUT2D eigenvalue weighted by atomic mass is 10.3. The van der Waals surface area contributed by atoms with Gasteiger partial charge in [-0.3, -0.25) is 4.79 Å². The first-order valence-corrected chi connectivity index (χ1v) is 6.14. The maximum Gasteiger partial charge on any atom is 0.150 e. The van der Waals surface area contributed by atoms with Crippen LogP contribution in [0.15, 0.2) is 36.0 Å². The molecular formula is C13H10N2OS. The summed E-state index contributed by atoms with van der Waals surface area (Å²) in [7, 11) is 0. The quantitative estimate of drug-likeness (QED) is 0.647. The van der Waals surface area contributed by atoms with Crippen LogP contribution in [0.25, 0.3) is 16.2 Å². The van der Waals surface area contributed by atoms with E-state index in [0.29, 0.717) is 5.56 Å². The number of aromatic nitrogens is 2. The Morgan fingerprint density at radius 1 is 1.41 bits per heavy atom. The number of carbonyl (C=O) groups excluding carboxylic acids is 1. The normalized spacial score (nSPS) is 10.9. The Hall–Kier alpha value is -1.94. The predicted molar refractivity (Wildman–Crippen MR) is 68.6 cm³/mol. The molecule has 0 saturated heterocycles. The molecule has 0 spiro atoms. The van der Waals surface area contributed by atoms with Crippen LogP contribution in [0.3, 0.4) is 0 Å². The lowest BCUT2D eigenvalue weighted by Gasteiger charge is -1.91. The molecule has 4 heteroatoms. The Labute approximate surface area is 102 Å². The van der Waals surface area contributed by atoms with Crippen molar-refractivity contribution in [2.45, 2.75) is 6.92 Å². The van der Waals surface area contributed by atoms with Crippen molar-refractivity contribution in [3.63, 3.8) is 0 Å². The summed E-state index contributed by atoms with van der Waals surface area (Å²) < 4.78 is 1.93. The second-order valence-corrected chi connectivity index (χ2v) is 4.87. The van der Waals surface area contributed by atoms with Crippen LogP contribution in [-0.4, -0.2) is 15.7 Å². The molecule has 3 aromatic heterocycles. The maximum atomic E-state index is 10.7. The summed E-state index contributed by atoms with van der Waals surface area (Å²) in [5.41, 5.74) is 3.65. The van der Waals surface area contributed by atoms with Crippen LogP contribution in [-0.2, 0) is 0 Å². The number of pyridine rings is 1. The summed E-state index contributed by atoms with van der Waals surface area (Å²) in [5, 5.41) is 2.11. The van der Waals surface area contributed by atoms with E-state index in [9.17, 15) is 4.79 Å². The van der Waals surface area contributed by atoms with Crippen molar-refractivity contribution < 1.29 is 4.79 Å². The molecule has 0 radical (unpaired) electrons. The number of carbonyl (C=O) groups is 1. The zero-order valence-electron chi connectivity index (χ0n) is 9.25. The molecule has 3 nitrogen and oxygen atoms in total. The predicted octanol–water partition coefficient (Wildman–Crippen LogP) is 3.18. The van der Waals surface area contributed by atoms with E-state index in [1.165, 1.54) is 5.56 Å². The van der Waals surface area contributed by atoms with Crippen LogP contribution >= 0.6 is 11.3 Å². The number of nitrogens with zero attached hydrogens (tertiary/aromatic N) is 2. The SMILES string of the molecule is Cc1csc(-c2cn3ccc(C=O)cc3n2)c1. The molecule has 0 aliphatic rings. The van der Waals surface area contributed by atoms with Gasteiger partial charge in [-0.25, -0.2) is 4.98 Å². The molecule has 3 heterocycles. The molecule has 0 aliphatic heterocycles. The molecule has 0 amide bonds. The van der Waals surface area contributed by atoms with E-state index in [1.807, 2.05) is 16.8 Å².